The summed E-state index contributed by atoms with van der Waals surface area (Å²) in [6.07, 6.45) is 59.9. The topological polar surface area (TPSA) is 77.4 Å². The number of hydrogen-bond acceptors (Lipinski definition) is 6. The third-order valence-electron chi connectivity index (χ3n) is 25.2. The van der Waals surface area contributed by atoms with Gasteiger partial charge in [-0.3, -0.25) is 0 Å². The monoisotopic (exact) mass is 1300 g/mol. The lowest BCUT2D eigenvalue weighted by atomic mass is 9.84. The van der Waals surface area contributed by atoms with Gasteiger partial charge in [0.25, 0.3) is 0 Å². The molecule has 0 aromatic rings. The van der Waals surface area contributed by atoms with Crippen LogP contribution in [0.5, 0.6) is 0 Å². The van der Waals surface area contributed by atoms with Gasteiger partial charge in [-0.15, -0.1) is 0 Å². The molecule has 6 heteroatoms. The van der Waals surface area contributed by atoms with E-state index in [4.69, 9.17) is 18.9 Å². The molecule has 0 aromatic carbocycles. The summed E-state index contributed by atoms with van der Waals surface area (Å²) in [5.41, 5.74) is 0. The van der Waals surface area contributed by atoms with Gasteiger partial charge in [0.15, 0.2) is 0 Å². The smallest absolute Gasteiger partial charge is 0.104 e. The van der Waals surface area contributed by atoms with Gasteiger partial charge in [-0.05, 0) is 158 Å². The Morgan fingerprint density at radius 3 is 0.707 bits per heavy atom. The van der Waals surface area contributed by atoms with Crippen molar-refractivity contribution in [3.8, 4) is 0 Å². The summed E-state index contributed by atoms with van der Waals surface area (Å²) in [5, 5.41) is 20.1. The minimum absolute atomic E-state index is 0.0460. The zero-order valence-corrected chi connectivity index (χ0v) is 64.8. The van der Waals surface area contributed by atoms with Crippen LogP contribution < -0.4 is 0 Å². The van der Waals surface area contributed by atoms with E-state index < -0.39 is 0 Å². The van der Waals surface area contributed by atoms with Gasteiger partial charge >= 0.3 is 0 Å². The van der Waals surface area contributed by atoms with Crippen molar-refractivity contribution in [1.82, 2.24) is 0 Å². The molecule has 548 valence electrons. The molecule has 1 aliphatic heterocycles. The van der Waals surface area contributed by atoms with Crippen LogP contribution in [0, 0.1) is 107 Å². The summed E-state index contributed by atoms with van der Waals surface area (Å²) in [6.45, 7) is 39.0. The molecular formula is C86H168O6. The summed E-state index contributed by atoms with van der Waals surface area (Å²) in [5.74, 6) is 15.1. The maximum atomic E-state index is 10.1. The van der Waals surface area contributed by atoms with Crippen molar-refractivity contribution in [2.24, 2.45) is 107 Å². The van der Waals surface area contributed by atoms with E-state index in [0.717, 1.165) is 135 Å². The molecule has 2 aliphatic carbocycles. The molecule has 1 heterocycles. The summed E-state index contributed by atoms with van der Waals surface area (Å²) in [6, 6.07) is 0. The zero-order valence-electron chi connectivity index (χ0n) is 64.8. The molecular weight excluding hydrogens is 1130 g/mol. The fourth-order valence-corrected chi connectivity index (χ4v) is 17.3. The van der Waals surface area contributed by atoms with Crippen molar-refractivity contribution >= 4 is 0 Å². The number of aliphatic hydroxyl groups is 2. The molecule has 0 amide bonds. The molecule has 0 radical (unpaired) electrons. The third kappa shape index (κ3) is 44.7. The molecule has 20 unspecified atom stereocenters. The largest absolute Gasteiger partial charge is 0.394 e. The van der Waals surface area contributed by atoms with Gasteiger partial charge in [0, 0.05) is 26.4 Å². The predicted octanol–water partition coefficient (Wildman–Crippen LogP) is 25.4. The van der Waals surface area contributed by atoms with Crippen molar-refractivity contribution in [1.29, 1.82) is 0 Å². The summed E-state index contributed by atoms with van der Waals surface area (Å²) < 4.78 is 24.5. The van der Waals surface area contributed by atoms with Gasteiger partial charge in [0.1, 0.15) is 12.2 Å². The molecule has 20 atom stereocenters. The highest BCUT2D eigenvalue weighted by atomic mass is 16.5. The van der Waals surface area contributed by atoms with Gasteiger partial charge in [0.2, 0.25) is 0 Å². The van der Waals surface area contributed by atoms with Crippen LogP contribution in [0.3, 0.4) is 0 Å². The Morgan fingerprint density at radius 1 is 0.228 bits per heavy atom. The van der Waals surface area contributed by atoms with E-state index in [9.17, 15) is 10.2 Å². The van der Waals surface area contributed by atoms with Crippen LogP contribution >= 0.6 is 0 Å². The third-order valence-corrected chi connectivity index (χ3v) is 25.2. The predicted molar refractivity (Wildman–Crippen MR) is 401 cm³/mol. The second-order valence-corrected chi connectivity index (χ2v) is 35.2. The Hall–Kier alpha value is -0.240. The van der Waals surface area contributed by atoms with E-state index in [0.29, 0.717) is 36.9 Å². The van der Waals surface area contributed by atoms with E-state index in [-0.39, 0.29) is 25.4 Å². The normalized spacial score (nSPS) is 38.3. The maximum absolute atomic E-state index is 10.1. The van der Waals surface area contributed by atoms with Gasteiger partial charge in [-0.1, -0.05) is 328 Å². The Balaban J connectivity index is 1.35. The first-order valence-electron chi connectivity index (χ1n) is 41.9. The first kappa shape index (κ1) is 86.0. The lowest BCUT2D eigenvalue weighted by Crippen LogP contribution is -2.25. The van der Waals surface area contributed by atoms with Crippen LogP contribution in [0.25, 0.3) is 0 Å². The summed E-state index contributed by atoms with van der Waals surface area (Å²) in [7, 11) is 0. The lowest BCUT2D eigenvalue weighted by Gasteiger charge is -2.22. The number of hydrogen-bond donors (Lipinski definition) is 2. The molecule has 3 rings (SSSR count). The Kier molecular flexibility index (Phi) is 51.0. The Bertz CT molecular complexity index is 1620. The fraction of sp³-hybridized carbons (Fsp3) is 1.00. The van der Waals surface area contributed by atoms with Crippen molar-refractivity contribution in [3.05, 3.63) is 0 Å². The van der Waals surface area contributed by atoms with E-state index in [1.54, 1.807) is 0 Å². The molecule has 2 N–H and O–H groups in total. The molecule has 6 nitrogen and oxygen atoms in total. The lowest BCUT2D eigenvalue weighted by molar-refractivity contribution is -0.0471. The minimum atomic E-state index is -0.200. The standard InChI is InChI=1S/C86H168O6/c1-67-25-15-27-69(3)31-19-35-75(9)53-57-89-65-86(64-88)92-60-56-78(12)40-24-44-82-50-52-84(62-82)80(14)42-22-38-74(8)48-47-73(7)37-21-41-79(13)83-51-49-81(61-83)43-23-39-76(10)54-58-90-66-85(63-87)91-59-55-77(11)36-20-32-70(4)28-16-26-68(2)30-18-34-72(6)46-45-71(5)33-17-29-67/h67-88H,15-66H2,1-14H3. The van der Waals surface area contributed by atoms with Gasteiger partial charge in [-0.2, -0.15) is 0 Å². The highest BCUT2D eigenvalue weighted by Crippen LogP contribution is 2.42. The molecule has 0 aromatic heterocycles. The average molecular weight is 1300 g/mol. The summed E-state index contributed by atoms with van der Waals surface area (Å²) >= 11 is 0. The first-order valence-corrected chi connectivity index (χ1v) is 41.9. The van der Waals surface area contributed by atoms with E-state index in [1.807, 2.05) is 0 Å². The molecule has 1 saturated heterocycles. The fourth-order valence-electron chi connectivity index (χ4n) is 17.3. The SMILES string of the molecule is CC1CCCC(C)CCCC(C)CCC(C)CCCC(C)CCCC(C)CCCC(C)CCOC(CO)COCCC(C)CCCC2CCC(C2)C(C)CCCC(C)CCC(C)CCCC(C)C2CCC(CCCC(C)CCOC(CO)COCCC(C)CCC1)C2. The highest BCUT2D eigenvalue weighted by molar-refractivity contribution is 4.82. The van der Waals surface area contributed by atoms with Crippen LogP contribution in [0.1, 0.15) is 379 Å². The van der Waals surface area contributed by atoms with Crippen LogP contribution in [-0.2, 0) is 18.9 Å². The van der Waals surface area contributed by atoms with Crippen molar-refractivity contribution < 1.29 is 29.2 Å². The van der Waals surface area contributed by atoms with Crippen molar-refractivity contribution in [3.63, 3.8) is 0 Å². The van der Waals surface area contributed by atoms with Gasteiger partial charge < -0.3 is 29.2 Å². The maximum Gasteiger partial charge on any atom is 0.104 e. The zero-order chi connectivity index (χ0) is 67.1. The second kappa shape index (κ2) is 54.6. The number of ether oxygens (including phenoxy) is 4. The molecule has 92 heavy (non-hydrogen) atoms. The summed E-state index contributed by atoms with van der Waals surface area (Å²) in [4.78, 5) is 0. The second-order valence-electron chi connectivity index (χ2n) is 35.2. The van der Waals surface area contributed by atoms with Crippen LogP contribution in [0.2, 0.25) is 0 Å². The van der Waals surface area contributed by atoms with Crippen LogP contribution in [0.4, 0.5) is 0 Å². The van der Waals surface area contributed by atoms with E-state index >= 15 is 0 Å². The molecule has 3 fully saturated rings. The average Bonchev–Trinajstić information content (AvgIpc) is 2.27. The number of fused-ring (bicyclic) bond motifs is 4. The molecule has 2 saturated carbocycles. The van der Waals surface area contributed by atoms with Crippen LogP contribution in [-0.4, -0.2) is 75.3 Å². The molecule has 4 bridgehead atoms. The Morgan fingerprint density at radius 2 is 0.446 bits per heavy atom. The number of rotatable bonds is 2. The van der Waals surface area contributed by atoms with E-state index in [2.05, 4.69) is 96.9 Å². The number of aliphatic hydroxyl groups excluding tert-OH is 2. The van der Waals surface area contributed by atoms with E-state index in [1.165, 1.54) is 257 Å². The first-order chi connectivity index (χ1) is 44.3. The Labute approximate surface area is 577 Å². The molecule has 3 aliphatic rings. The highest BCUT2D eigenvalue weighted by Gasteiger charge is 2.30. The van der Waals surface area contributed by atoms with Gasteiger partial charge in [-0.25, -0.2) is 0 Å². The minimum Gasteiger partial charge on any atom is -0.394 e. The van der Waals surface area contributed by atoms with Crippen molar-refractivity contribution in [2.45, 2.75) is 392 Å². The van der Waals surface area contributed by atoms with Crippen molar-refractivity contribution in [2.75, 3.05) is 52.9 Å². The van der Waals surface area contributed by atoms with Crippen LogP contribution in [0.15, 0.2) is 0 Å². The van der Waals surface area contributed by atoms with Gasteiger partial charge in [0.05, 0.1) is 26.4 Å². The molecule has 0 spiro atoms. The quantitative estimate of drug-likeness (QED) is 0.287.